The quantitative estimate of drug-likeness (QED) is 0.279. The fourth-order valence-corrected chi connectivity index (χ4v) is 4.27. The topological polar surface area (TPSA) is 38.7 Å². The van der Waals surface area contributed by atoms with Gasteiger partial charge in [0.2, 0.25) is 0 Å². The molecule has 5 aromatic carbocycles. The largest absolute Gasteiger partial charge is 0.208 e. The number of fused-ring (bicyclic) bond motifs is 2. The molecule has 0 bridgehead atoms. The molecule has 0 atom stereocenters. The van der Waals surface area contributed by atoms with E-state index in [1.807, 2.05) is 48.5 Å². The van der Waals surface area contributed by atoms with E-state index in [1.54, 1.807) is 0 Å². The van der Waals surface area contributed by atoms with Gasteiger partial charge in [0, 0.05) is 16.7 Å². The van der Waals surface area contributed by atoms with Gasteiger partial charge in [0.25, 0.3) is 0 Å². The number of hydrogen-bond acceptors (Lipinski definition) is 3. The van der Waals surface area contributed by atoms with Gasteiger partial charge in [-0.1, -0.05) is 96.5 Å². The van der Waals surface area contributed by atoms with Gasteiger partial charge < -0.3 is 0 Å². The summed E-state index contributed by atoms with van der Waals surface area (Å²) in [5.74, 6) is 1.80. The molecule has 0 N–H and O–H groups in total. The van der Waals surface area contributed by atoms with Crippen LogP contribution in [-0.4, -0.2) is 15.0 Å². The van der Waals surface area contributed by atoms with Crippen molar-refractivity contribution >= 4 is 33.1 Å². The van der Waals surface area contributed by atoms with E-state index < -0.39 is 0 Å². The van der Waals surface area contributed by atoms with Crippen molar-refractivity contribution in [1.82, 2.24) is 15.0 Å². The molecule has 1 aromatic heterocycles. The Bertz CT molecular complexity index is 1540. The number of halogens is 1. The molecule has 0 aliphatic rings. The molecule has 4 heteroatoms. The van der Waals surface area contributed by atoms with Crippen LogP contribution in [0.5, 0.6) is 0 Å². The summed E-state index contributed by atoms with van der Waals surface area (Å²) < 4.78 is 0. The van der Waals surface area contributed by atoms with Crippen molar-refractivity contribution in [2.45, 2.75) is 0 Å². The first-order valence-corrected chi connectivity index (χ1v) is 11.1. The summed E-state index contributed by atoms with van der Waals surface area (Å²) in [6.45, 7) is 0. The SMILES string of the molecule is Clc1ccccc1-c1nc(-c2ccc3ccccc3c2)nc(-c2ccc3ccccc3c2)n1. The fourth-order valence-electron chi connectivity index (χ4n) is 4.05. The normalized spacial score (nSPS) is 11.2. The molecule has 0 amide bonds. The maximum Gasteiger partial charge on any atom is 0.165 e. The highest BCUT2D eigenvalue weighted by Crippen LogP contribution is 2.30. The van der Waals surface area contributed by atoms with Crippen molar-refractivity contribution in [2.24, 2.45) is 0 Å². The molecule has 6 rings (SSSR count). The Morgan fingerprint density at radius 1 is 0.424 bits per heavy atom. The van der Waals surface area contributed by atoms with Gasteiger partial charge in [-0.15, -0.1) is 0 Å². The van der Waals surface area contributed by atoms with Crippen molar-refractivity contribution in [3.8, 4) is 34.2 Å². The van der Waals surface area contributed by atoms with Crippen LogP contribution in [0, 0.1) is 0 Å². The number of nitrogens with zero attached hydrogens (tertiary/aromatic N) is 3. The third kappa shape index (κ3) is 3.73. The molecule has 0 fully saturated rings. The van der Waals surface area contributed by atoms with E-state index in [1.165, 1.54) is 10.8 Å². The van der Waals surface area contributed by atoms with Gasteiger partial charge in [-0.05, 0) is 45.8 Å². The minimum absolute atomic E-state index is 0.557. The Kier molecular flexibility index (Phi) is 4.82. The van der Waals surface area contributed by atoms with Crippen molar-refractivity contribution in [2.75, 3.05) is 0 Å². The Morgan fingerprint density at radius 3 is 1.42 bits per heavy atom. The molecule has 156 valence electrons. The standard InChI is InChI=1S/C29H18ClN3/c30-26-12-6-5-11-25(26)29-32-27(23-15-13-19-7-1-3-9-21(19)17-23)31-28(33-29)24-16-14-20-8-2-4-10-22(20)18-24/h1-18H. The average molecular weight is 444 g/mol. The van der Waals surface area contributed by atoms with E-state index in [0.29, 0.717) is 22.5 Å². The zero-order valence-electron chi connectivity index (χ0n) is 17.6. The summed E-state index contributed by atoms with van der Waals surface area (Å²) in [4.78, 5) is 14.5. The highest BCUT2D eigenvalue weighted by Gasteiger charge is 2.14. The molecule has 0 radical (unpaired) electrons. The van der Waals surface area contributed by atoms with Crippen LogP contribution < -0.4 is 0 Å². The van der Waals surface area contributed by atoms with Gasteiger partial charge >= 0.3 is 0 Å². The predicted molar refractivity (Wildman–Crippen MR) is 136 cm³/mol. The molecule has 0 aliphatic carbocycles. The summed E-state index contributed by atoms with van der Waals surface area (Å²) in [5.41, 5.74) is 2.66. The lowest BCUT2D eigenvalue weighted by atomic mass is 10.1. The summed E-state index contributed by atoms with van der Waals surface area (Å²) >= 11 is 6.51. The maximum atomic E-state index is 6.51. The van der Waals surface area contributed by atoms with Crippen molar-refractivity contribution in [3.05, 3.63) is 114 Å². The maximum absolute atomic E-state index is 6.51. The molecule has 6 aromatic rings. The van der Waals surface area contributed by atoms with Gasteiger partial charge in [-0.3, -0.25) is 0 Å². The van der Waals surface area contributed by atoms with Crippen LogP contribution in [0.3, 0.4) is 0 Å². The van der Waals surface area contributed by atoms with E-state index in [4.69, 9.17) is 26.6 Å². The zero-order chi connectivity index (χ0) is 22.2. The zero-order valence-corrected chi connectivity index (χ0v) is 18.4. The average Bonchev–Trinajstić information content (AvgIpc) is 2.88. The monoisotopic (exact) mass is 443 g/mol. The van der Waals surface area contributed by atoms with Crippen LogP contribution in [0.15, 0.2) is 109 Å². The molecule has 33 heavy (non-hydrogen) atoms. The van der Waals surface area contributed by atoms with Crippen LogP contribution in [0.1, 0.15) is 0 Å². The number of rotatable bonds is 3. The van der Waals surface area contributed by atoms with E-state index >= 15 is 0 Å². The minimum Gasteiger partial charge on any atom is -0.208 e. The summed E-state index contributed by atoms with van der Waals surface area (Å²) in [7, 11) is 0. The number of hydrogen-bond donors (Lipinski definition) is 0. The Morgan fingerprint density at radius 2 is 0.879 bits per heavy atom. The molecule has 0 saturated heterocycles. The van der Waals surface area contributed by atoms with Gasteiger partial charge in [0.1, 0.15) is 0 Å². The predicted octanol–water partition coefficient (Wildman–Crippen LogP) is 7.83. The summed E-state index contributed by atoms with van der Waals surface area (Å²) in [6, 6.07) is 36.7. The van der Waals surface area contributed by atoms with Crippen LogP contribution in [0.25, 0.3) is 55.7 Å². The summed E-state index contributed by atoms with van der Waals surface area (Å²) in [5, 5.41) is 5.24. The molecule has 0 unspecified atom stereocenters. The molecule has 0 spiro atoms. The van der Waals surface area contributed by atoms with Gasteiger partial charge in [-0.25, -0.2) is 15.0 Å². The molecule has 0 saturated carbocycles. The first-order chi connectivity index (χ1) is 16.2. The third-order valence-electron chi connectivity index (χ3n) is 5.77. The number of benzene rings is 5. The lowest BCUT2D eigenvalue weighted by Crippen LogP contribution is -2.00. The first-order valence-electron chi connectivity index (χ1n) is 10.7. The molecular formula is C29H18ClN3. The van der Waals surface area contributed by atoms with E-state index in [9.17, 15) is 0 Å². The van der Waals surface area contributed by atoms with Crippen LogP contribution in [-0.2, 0) is 0 Å². The van der Waals surface area contributed by atoms with Gasteiger partial charge in [-0.2, -0.15) is 0 Å². The van der Waals surface area contributed by atoms with Gasteiger partial charge in [0.15, 0.2) is 17.5 Å². The second kappa shape index (κ2) is 8.12. The van der Waals surface area contributed by atoms with Crippen molar-refractivity contribution in [1.29, 1.82) is 0 Å². The third-order valence-corrected chi connectivity index (χ3v) is 6.10. The van der Waals surface area contributed by atoms with Crippen molar-refractivity contribution < 1.29 is 0 Å². The Labute approximate surface area is 196 Å². The second-order valence-corrected chi connectivity index (χ2v) is 8.32. The smallest absolute Gasteiger partial charge is 0.165 e. The molecular weight excluding hydrogens is 426 g/mol. The van der Waals surface area contributed by atoms with Crippen LogP contribution >= 0.6 is 11.6 Å². The lowest BCUT2D eigenvalue weighted by Gasteiger charge is -2.10. The first kappa shape index (κ1) is 19.6. The molecule has 1 heterocycles. The highest BCUT2D eigenvalue weighted by atomic mass is 35.5. The summed E-state index contributed by atoms with van der Waals surface area (Å²) in [6.07, 6.45) is 0. The van der Waals surface area contributed by atoms with Crippen LogP contribution in [0.2, 0.25) is 5.02 Å². The highest BCUT2D eigenvalue weighted by molar-refractivity contribution is 6.33. The van der Waals surface area contributed by atoms with Gasteiger partial charge in [0.05, 0.1) is 5.02 Å². The van der Waals surface area contributed by atoms with Crippen LogP contribution in [0.4, 0.5) is 0 Å². The fraction of sp³-hybridized carbons (Fsp3) is 0. The Balaban J connectivity index is 1.58. The minimum atomic E-state index is 0.557. The lowest BCUT2D eigenvalue weighted by molar-refractivity contribution is 1.08. The van der Waals surface area contributed by atoms with Crippen molar-refractivity contribution in [3.63, 3.8) is 0 Å². The number of aromatic nitrogens is 3. The Hall–Kier alpha value is -4.08. The van der Waals surface area contributed by atoms with E-state index in [-0.39, 0.29) is 0 Å². The van der Waals surface area contributed by atoms with E-state index in [2.05, 4.69) is 60.7 Å². The van der Waals surface area contributed by atoms with E-state index in [0.717, 1.165) is 27.5 Å². The molecule has 3 nitrogen and oxygen atoms in total. The molecule has 0 aliphatic heterocycles. The second-order valence-electron chi connectivity index (χ2n) is 7.91.